The van der Waals surface area contributed by atoms with Crippen LogP contribution >= 0.6 is 11.5 Å². The zero-order valence-electron chi connectivity index (χ0n) is 5.52. The van der Waals surface area contributed by atoms with Gasteiger partial charge in [-0.3, -0.25) is 0 Å². The van der Waals surface area contributed by atoms with Crippen molar-refractivity contribution in [3.63, 3.8) is 0 Å². The van der Waals surface area contributed by atoms with Gasteiger partial charge in [0.05, 0.1) is 11.8 Å². The highest BCUT2D eigenvalue weighted by Gasteiger charge is 2.03. The summed E-state index contributed by atoms with van der Waals surface area (Å²) >= 11 is 1.26. The van der Waals surface area contributed by atoms with Crippen LogP contribution < -0.4 is 5.73 Å². The van der Waals surface area contributed by atoms with E-state index in [9.17, 15) is 0 Å². The summed E-state index contributed by atoms with van der Waals surface area (Å²) in [5.74, 6) is 0.311. The summed E-state index contributed by atoms with van der Waals surface area (Å²) < 4.78 is 8.72. The van der Waals surface area contributed by atoms with E-state index in [0.717, 1.165) is 10.6 Å². The lowest BCUT2D eigenvalue weighted by Crippen LogP contribution is -1.84. The molecule has 11 heavy (non-hydrogen) atoms. The Hall–Kier alpha value is -1.36. The number of nitrogens with zero attached hydrogens (tertiary/aromatic N) is 2. The molecule has 0 atom stereocenters. The zero-order valence-corrected chi connectivity index (χ0v) is 6.34. The molecule has 0 fully saturated rings. The molecule has 2 aromatic rings. The number of hydrogen-bond acceptors (Lipinski definition) is 5. The van der Waals surface area contributed by atoms with E-state index in [-0.39, 0.29) is 0 Å². The number of nitrogen functional groups attached to an aromatic ring is 1. The summed E-state index contributed by atoms with van der Waals surface area (Å²) in [7, 11) is 0. The molecule has 56 valence electrons. The normalized spacial score (nSPS) is 10.2. The third-order valence-corrected chi connectivity index (χ3v) is 1.99. The molecule has 0 unspecified atom stereocenters. The molecule has 0 radical (unpaired) electrons. The van der Waals surface area contributed by atoms with Crippen molar-refractivity contribution in [3.8, 4) is 10.6 Å². The molecule has 0 aliphatic carbocycles. The number of aromatic nitrogens is 2. The second kappa shape index (κ2) is 2.35. The summed E-state index contributed by atoms with van der Waals surface area (Å²) in [6, 6.07) is 1.82. The van der Waals surface area contributed by atoms with Gasteiger partial charge in [0.15, 0.2) is 0 Å². The van der Waals surface area contributed by atoms with Crippen molar-refractivity contribution in [1.29, 1.82) is 0 Å². The first-order valence-electron chi connectivity index (χ1n) is 2.98. The topological polar surface area (TPSA) is 64.9 Å². The molecule has 0 amide bonds. The van der Waals surface area contributed by atoms with Crippen molar-refractivity contribution in [1.82, 2.24) is 9.36 Å². The molecule has 0 saturated heterocycles. The van der Waals surface area contributed by atoms with Crippen LogP contribution in [-0.2, 0) is 0 Å². The molecule has 0 aromatic carbocycles. The maximum Gasteiger partial charge on any atom is 0.232 e. The molecule has 4 nitrogen and oxygen atoms in total. The average Bonchev–Trinajstić information content (AvgIpc) is 2.55. The van der Waals surface area contributed by atoms with Crippen LogP contribution in [0, 0.1) is 0 Å². The smallest absolute Gasteiger partial charge is 0.232 e. The fourth-order valence-electron chi connectivity index (χ4n) is 0.738. The molecule has 2 N–H and O–H groups in total. The van der Waals surface area contributed by atoms with E-state index in [1.54, 1.807) is 12.5 Å². The van der Waals surface area contributed by atoms with Gasteiger partial charge >= 0.3 is 0 Å². The van der Waals surface area contributed by atoms with Crippen LogP contribution in [0.4, 0.5) is 5.95 Å². The quantitative estimate of drug-likeness (QED) is 0.696. The first kappa shape index (κ1) is 6.36. The zero-order chi connectivity index (χ0) is 7.68. The summed E-state index contributed by atoms with van der Waals surface area (Å²) in [5.41, 5.74) is 6.26. The molecule has 0 saturated carbocycles. The van der Waals surface area contributed by atoms with Crippen molar-refractivity contribution in [3.05, 3.63) is 18.6 Å². The van der Waals surface area contributed by atoms with Gasteiger partial charge in [0.1, 0.15) is 11.3 Å². The van der Waals surface area contributed by atoms with Crippen LogP contribution in [0.2, 0.25) is 0 Å². The summed E-state index contributed by atoms with van der Waals surface area (Å²) in [4.78, 5) is 3.98. The predicted molar refractivity (Wildman–Crippen MR) is 42.0 cm³/mol. The van der Waals surface area contributed by atoms with Crippen LogP contribution in [0.15, 0.2) is 23.0 Å². The van der Waals surface area contributed by atoms with Crippen molar-refractivity contribution < 1.29 is 4.42 Å². The Kier molecular flexibility index (Phi) is 1.36. The highest BCUT2D eigenvalue weighted by molar-refractivity contribution is 7.09. The maximum absolute atomic E-state index is 5.34. The average molecular weight is 167 g/mol. The summed E-state index contributed by atoms with van der Waals surface area (Å²) in [5, 5.41) is 0.788. The van der Waals surface area contributed by atoms with Gasteiger partial charge in [-0.1, -0.05) is 0 Å². The summed E-state index contributed by atoms with van der Waals surface area (Å²) in [6.07, 6.45) is 3.20. The number of rotatable bonds is 1. The third-order valence-electron chi connectivity index (χ3n) is 1.21. The molecule has 2 rings (SSSR count). The van der Waals surface area contributed by atoms with Crippen molar-refractivity contribution in [2.45, 2.75) is 0 Å². The van der Waals surface area contributed by atoms with Crippen molar-refractivity contribution >= 4 is 17.5 Å². The predicted octanol–water partition coefficient (Wildman–Crippen LogP) is 1.38. The van der Waals surface area contributed by atoms with Gasteiger partial charge in [-0.05, 0) is 17.6 Å². The Morgan fingerprint density at radius 3 is 3.00 bits per heavy atom. The lowest BCUT2D eigenvalue weighted by Gasteiger charge is -1.81. The molecule has 0 aliphatic rings. The van der Waals surface area contributed by atoms with Crippen molar-refractivity contribution in [2.75, 3.05) is 5.73 Å². The van der Waals surface area contributed by atoms with E-state index in [4.69, 9.17) is 10.2 Å². The fraction of sp³-hybridized carbons (Fsp3) is 0. The van der Waals surface area contributed by atoms with Gasteiger partial charge in [0.25, 0.3) is 0 Å². The second-order valence-electron chi connectivity index (χ2n) is 1.97. The number of nitrogens with two attached hydrogens (primary N) is 1. The Bertz CT molecular complexity index is 340. The van der Waals surface area contributed by atoms with Gasteiger partial charge in [0, 0.05) is 0 Å². The van der Waals surface area contributed by atoms with Crippen LogP contribution in [0.5, 0.6) is 0 Å². The fourth-order valence-corrected chi connectivity index (χ4v) is 1.32. The minimum atomic E-state index is 0.311. The Labute approximate surface area is 66.8 Å². The van der Waals surface area contributed by atoms with Crippen LogP contribution in [0.3, 0.4) is 0 Å². The monoisotopic (exact) mass is 167 g/mol. The molecule has 0 aliphatic heterocycles. The molecular weight excluding hydrogens is 162 g/mol. The lowest BCUT2D eigenvalue weighted by molar-refractivity contribution is 0.568. The molecule has 2 heterocycles. The number of hydrogen-bond donors (Lipinski definition) is 1. The standard InChI is InChI=1S/C6H5N3OS/c7-6-8-5(11-9-6)4-1-2-10-3-4/h1-3H,(H2,7,9). The van der Waals surface area contributed by atoms with Gasteiger partial charge < -0.3 is 10.2 Å². The van der Waals surface area contributed by atoms with Crippen LogP contribution in [0.25, 0.3) is 10.6 Å². The van der Waals surface area contributed by atoms with E-state index in [2.05, 4.69) is 9.36 Å². The highest BCUT2D eigenvalue weighted by atomic mass is 32.1. The molecule has 0 bridgehead atoms. The highest BCUT2D eigenvalue weighted by Crippen LogP contribution is 2.21. The third kappa shape index (κ3) is 1.10. The van der Waals surface area contributed by atoms with Crippen LogP contribution in [0.1, 0.15) is 0 Å². The van der Waals surface area contributed by atoms with E-state index < -0.39 is 0 Å². The first-order chi connectivity index (χ1) is 5.36. The van der Waals surface area contributed by atoms with Crippen LogP contribution in [-0.4, -0.2) is 9.36 Å². The van der Waals surface area contributed by atoms with Gasteiger partial charge in [-0.15, -0.1) is 0 Å². The Balaban J connectivity index is 2.45. The van der Waals surface area contributed by atoms with Gasteiger partial charge in [-0.2, -0.15) is 9.36 Å². The number of furan rings is 1. The van der Waals surface area contributed by atoms with Crippen molar-refractivity contribution in [2.24, 2.45) is 0 Å². The molecule has 0 spiro atoms. The SMILES string of the molecule is Nc1nsc(-c2ccoc2)n1. The number of anilines is 1. The van der Waals surface area contributed by atoms with E-state index in [0.29, 0.717) is 5.95 Å². The minimum Gasteiger partial charge on any atom is -0.472 e. The molecular formula is C6H5N3OS. The first-order valence-corrected chi connectivity index (χ1v) is 3.75. The molecule has 5 heteroatoms. The van der Waals surface area contributed by atoms with E-state index >= 15 is 0 Å². The van der Waals surface area contributed by atoms with Gasteiger partial charge in [0.2, 0.25) is 5.95 Å². The Morgan fingerprint density at radius 2 is 2.45 bits per heavy atom. The second-order valence-corrected chi connectivity index (χ2v) is 2.72. The molecule has 2 aromatic heterocycles. The van der Waals surface area contributed by atoms with Gasteiger partial charge in [-0.25, -0.2) is 0 Å². The minimum absolute atomic E-state index is 0.311. The van der Waals surface area contributed by atoms with E-state index in [1.807, 2.05) is 6.07 Å². The lowest BCUT2D eigenvalue weighted by atomic mass is 10.4. The summed E-state index contributed by atoms with van der Waals surface area (Å²) in [6.45, 7) is 0. The maximum atomic E-state index is 5.34. The Morgan fingerprint density at radius 1 is 1.55 bits per heavy atom. The largest absolute Gasteiger partial charge is 0.472 e. The van der Waals surface area contributed by atoms with E-state index in [1.165, 1.54) is 11.5 Å².